The maximum atomic E-state index is 13.1. The first kappa shape index (κ1) is 15.9. The molecule has 2 aliphatic heterocycles. The third-order valence-corrected chi connectivity index (χ3v) is 5.84. The Kier molecular flexibility index (Phi) is 3.99. The van der Waals surface area contributed by atoms with Crippen LogP contribution in [0.5, 0.6) is 0 Å². The van der Waals surface area contributed by atoms with E-state index in [2.05, 4.69) is 0 Å². The lowest BCUT2D eigenvalue weighted by molar-refractivity contribution is -0.0556. The van der Waals surface area contributed by atoms with Gasteiger partial charge in [-0.05, 0) is 29.9 Å². The first-order chi connectivity index (χ1) is 11.6. The molecular weight excluding hydrogens is 326 g/mol. The van der Waals surface area contributed by atoms with Gasteiger partial charge in [0.15, 0.2) is 0 Å². The van der Waals surface area contributed by atoms with E-state index in [0.717, 1.165) is 17.2 Å². The van der Waals surface area contributed by atoms with E-state index >= 15 is 0 Å². The lowest BCUT2D eigenvalue weighted by Gasteiger charge is -2.36. The van der Waals surface area contributed by atoms with Gasteiger partial charge in [-0.1, -0.05) is 35.9 Å². The molecule has 126 valence electrons. The van der Waals surface area contributed by atoms with Gasteiger partial charge in [0.2, 0.25) is 0 Å². The minimum absolute atomic E-state index is 0.00471. The summed E-state index contributed by atoms with van der Waals surface area (Å²) in [5.74, 6) is 0.309. The number of carbonyl (C=O) groups is 1. The molecule has 2 aromatic carbocycles. The number of nitrogens with zero attached hydrogens (tertiary/aromatic N) is 1. The molecule has 0 aliphatic carbocycles. The smallest absolute Gasteiger partial charge is 0.254 e. The molecule has 0 aromatic heterocycles. The Morgan fingerprint density at radius 3 is 2.88 bits per heavy atom. The number of aliphatic hydroxyl groups is 1. The average molecular weight is 346 g/mol. The number of aliphatic hydroxyl groups excluding tert-OH is 1. The van der Waals surface area contributed by atoms with Gasteiger partial charge >= 0.3 is 0 Å². The summed E-state index contributed by atoms with van der Waals surface area (Å²) in [6.07, 6.45) is 0.895. The third-order valence-electron chi connectivity index (χ3n) is 5.51. The Bertz CT molecular complexity index is 793. The lowest BCUT2D eigenvalue weighted by Crippen LogP contribution is -2.43. The number of amides is 1. The first-order valence-electron chi connectivity index (χ1n) is 8.30. The largest absolute Gasteiger partial charge is 0.396 e. The zero-order valence-corrected chi connectivity index (χ0v) is 14.1. The molecule has 1 N–H and O–H groups in total. The molecule has 4 rings (SSSR count). The van der Waals surface area contributed by atoms with Crippen molar-refractivity contribution in [1.82, 2.24) is 4.90 Å². The van der Waals surface area contributed by atoms with Crippen molar-refractivity contribution in [1.29, 1.82) is 0 Å². The summed E-state index contributed by atoms with van der Waals surface area (Å²) in [7, 11) is 0. The van der Waals surface area contributed by atoms with Crippen LogP contribution in [0, 0.1) is 11.3 Å². The summed E-state index contributed by atoms with van der Waals surface area (Å²) in [6, 6.07) is 11.3. The van der Waals surface area contributed by atoms with Crippen LogP contribution in [0.15, 0.2) is 36.4 Å². The predicted octanol–water partition coefficient (Wildman–Crippen LogP) is 2.96. The number of halogens is 1. The SMILES string of the molecule is O=C(c1cccc2c(Cl)cccc12)N1C[C@@H]2CCOC[C@]2(CO)C1. The minimum Gasteiger partial charge on any atom is -0.396 e. The maximum Gasteiger partial charge on any atom is 0.254 e. The molecule has 2 aromatic rings. The van der Waals surface area contributed by atoms with Gasteiger partial charge in [0, 0.05) is 41.1 Å². The predicted molar refractivity (Wildman–Crippen MR) is 93.3 cm³/mol. The highest BCUT2D eigenvalue weighted by molar-refractivity contribution is 6.36. The van der Waals surface area contributed by atoms with Gasteiger partial charge in [-0.15, -0.1) is 0 Å². The maximum absolute atomic E-state index is 13.1. The van der Waals surface area contributed by atoms with Gasteiger partial charge in [-0.2, -0.15) is 0 Å². The summed E-state index contributed by atoms with van der Waals surface area (Å²) in [5.41, 5.74) is 0.360. The number of carbonyl (C=O) groups excluding carboxylic acids is 1. The van der Waals surface area contributed by atoms with Crippen LogP contribution in [0.1, 0.15) is 16.8 Å². The molecule has 1 amide bonds. The highest BCUT2D eigenvalue weighted by atomic mass is 35.5. The van der Waals surface area contributed by atoms with Crippen molar-refractivity contribution < 1.29 is 14.6 Å². The Morgan fingerprint density at radius 2 is 2.08 bits per heavy atom. The molecule has 0 bridgehead atoms. The van der Waals surface area contributed by atoms with Crippen LogP contribution in [0.2, 0.25) is 5.02 Å². The summed E-state index contributed by atoms with van der Waals surface area (Å²) in [6.45, 7) is 2.52. The number of rotatable bonds is 2. The molecule has 0 radical (unpaired) electrons. The fourth-order valence-electron chi connectivity index (χ4n) is 4.10. The van der Waals surface area contributed by atoms with Gasteiger partial charge in [0.05, 0.1) is 13.2 Å². The second-order valence-corrected chi connectivity index (χ2v) is 7.29. The van der Waals surface area contributed by atoms with E-state index < -0.39 is 0 Å². The number of ether oxygens (including phenoxy) is 1. The topological polar surface area (TPSA) is 49.8 Å². The second kappa shape index (κ2) is 6.03. The van der Waals surface area contributed by atoms with Crippen LogP contribution in [-0.4, -0.2) is 48.8 Å². The van der Waals surface area contributed by atoms with Crippen molar-refractivity contribution >= 4 is 28.3 Å². The first-order valence-corrected chi connectivity index (χ1v) is 8.67. The monoisotopic (exact) mass is 345 g/mol. The van der Waals surface area contributed by atoms with Crippen LogP contribution >= 0.6 is 11.6 Å². The van der Waals surface area contributed by atoms with E-state index in [1.807, 2.05) is 41.3 Å². The van der Waals surface area contributed by atoms with E-state index in [0.29, 0.717) is 42.8 Å². The van der Waals surface area contributed by atoms with Crippen molar-refractivity contribution in [3.8, 4) is 0 Å². The zero-order valence-electron chi connectivity index (χ0n) is 13.4. The minimum atomic E-state index is -0.309. The van der Waals surface area contributed by atoms with Crippen LogP contribution in [-0.2, 0) is 4.74 Å². The normalized spacial score (nSPS) is 26.6. The molecule has 2 fully saturated rings. The Morgan fingerprint density at radius 1 is 1.29 bits per heavy atom. The van der Waals surface area contributed by atoms with Crippen molar-refractivity contribution in [2.24, 2.45) is 11.3 Å². The van der Waals surface area contributed by atoms with Gasteiger partial charge in [-0.25, -0.2) is 0 Å². The number of hydrogen-bond donors (Lipinski definition) is 1. The molecule has 0 saturated carbocycles. The highest BCUT2D eigenvalue weighted by Crippen LogP contribution is 2.41. The summed E-state index contributed by atoms with van der Waals surface area (Å²) >= 11 is 6.26. The quantitative estimate of drug-likeness (QED) is 0.910. The van der Waals surface area contributed by atoms with Gasteiger partial charge in [0.1, 0.15) is 0 Å². The van der Waals surface area contributed by atoms with Crippen LogP contribution in [0.4, 0.5) is 0 Å². The molecule has 0 unspecified atom stereocenters. The standard InChI is InChI=1S/C19H20ClNO3/c20-17-6-2-3-14-15(17)4-1-5-16(14)18(23)21-9-13-7-8-24-12-19(13,10-21)11-22/h1-6,13,22H,7-12H2/t13-,19+/m0/s1. The molecule has 4 nitrogen and oxygen atoms in total. The van der Waals surface area contributed by atoms with E-state index in [1.54, 1.807) is 0 Å². The van der Waals surface area contributed by atoms with Gasteiger partial charge in [0.25, 0.3) is 5.91 Å². The molecule has 2 aliphatic rings. The highest BCUT2D eigenvalue weighted by Gasteiger charge is 2.49. The fraction of sp³-hybridized carbons (Fsp3) is 0.421. The Hall–Kier alpha value is -1.62. The summed E-state index contributed by atoms with van der Waals surface area (Å²) in [5, 5.41) is 12.3. The molecule has 24 heavy (non-hydrogen) atoms. The van der Waals surface area contributed by atoms with E-state index in [4.69, 9.17) is 16.3 Å². The Labute approximate surface area is 146 Å². The van der Waals surface area contributed by atoms with Crippen LogP contribution in [0.25, 0.3) is 10.8 Å². The van der Waals surface area contributed by atoms with Crippen LogP contribution in [0.3, 0.4) is 0 Å². The van der Waals surface area contributed by atoms with Crippen molar-refractivity contribution in [3.63, 3.8) is 0 Å². The van der Waals surface area contributed by atoms with E-state index in [-0.39, 0.29) is 17.9 Å². The number of likely N-dealkylation sites (tertiary alicyclic amines) is 1. The van der Waals surface area contributed by atoms with E-state index in [1.165, 1.54) is 0 Å². The van der Waals surface area contributed by atoms with E-state index in [9.17, 15) is 9.90 Å². The molecule has 0 spiro atoms. The number of benzene rings is 2. The molecule has 2 saturated heterocycles. The Balaban J connectivity index is 1.69. The van der Waals surface area contributed by atoms with Crippen molar-refractivity contribution in [3.05, 3.63) is 47.0 Å². The van der Waals surface area contributed by atoms with Crippen molar-refractivity contribution in [2.75, 3.05) is 32.9 Å². The molecule has 5 heteroatoms. The lowest BCUT2D eigenvalue weighted by atomic mass is 9.76. The fourth-order valence-corrected chi connectivity index (χ4v) is 4.34. The second-order valence-electron chi connectivity index (χ2n) is 6.88. The number of hydrogen-bond acceptors (Lipinski definition) is 3. The molecule has 2 heterocycles. The molecular formula is C19H20ClNO3. The summed E-state index contributed by atoms with van der Waals surface area (Å²) in [4.78, 5) is 15.0. The van der Waals surface area contributed by atoms with Gasteiger partial charge in [-0.3, -0.25) is 4.79 Å². The molecule has 2 atom stereocenters. The third kappa shape index (κ3) is 2.41. The summed E-state index contributed by atoms with van der Waals surface area (Å²) < 4.78 is 5.58. The number of fused-ring (bicyclic) bond motifs is 2. The van der Waals surface area contributed by atoms with Crippen molar-refractivity contribution in [2.45, 2.75) is 6.42 Å². The average Bonchev–Trinajstić information content (AvgIpc) is 3.01. The van der Waals surface area contributed by atoms with Crippen LogP contribution < -0.4 is 0 Å². The van der Waals surface area contributed by atoms with Gasteiger partial charge < -0.3 is 14.7 Å². The zero-order chi connectivity index (χ0) is 16.7.